The Balaban J connectivity index is 3.09. The van der Waals surface area contributed by atoms with Gasteiger partial charge in [-0.2, -0.15) is 0 Å². The van der Waals surface area contributed by atoms with Crippen LogP contribution in [0, 0.1) is 4.91 Å². The molecule has 1 aromatic carbocycles. The van der Waals surface area contributed by atoms with Crippen LogP contribution in [0.15, 0.2) is 23.4 Å². The molecule has 0 amide bonds. The first-order valence-corrected chi connectivity index (χ1v) is 2.96. The number of ether oxygens (including phenoxy) is 1. The van der Waals surface area contributed by atoms with E-state index in [2.05, 4.69) is 5.18 Å². The van der Waals surface area contributed by atoms with E-state index in [1.165, 1.54) is 25.3 Å². The summed E-state index contributed by atoms with van der Waals surface area (Å²) in [6.07, 6.45) is 0. The molecular formula is C7H6NO3-. The third-order valence-electron chi connectivity index (χ3n) is 1.27. The number of nitroso groups, excluding NO2 is 1. The van der Waals surface area contributed by atoms with Crippen molar-refractivity contribution in [3.63, 3.8) is 0 Å². The quantitative estimate of drug-likeness (QED) is 0.597. The van der Waals surface area contributed by atoms with Gasteiger partial charge in [-0.3, -0.25) is 0 Å². The molecule has 1 rings (SSSR count). The maximum Gasteiger partial charge on any atom is 0.118 e. The lowest BCUT2D eigenvalue weighted by Gasteiger charge is -2.08. The molecule has 11 heavy (non-hydrogen) atoms. The molecule has 0 saturated carbocycles. The summed E-state index contributed by atoms with van der Waals surface area (Å²) in [7, 11) is 1.45. The van der Waals surface area contributed by atoms with E-state index >= 15 is 0 Å². The Bertz CT molecular complexity index is 272. The van der Waals surface area contributed by atoms with Crippen LogP contribution in [-0.2, 0) is 0 Å². The second-order valence-corrected chi connectivity index (χ2v) is 1.92. The molecule has 0 aliphatic heterocycles. The topological polar surface area (TPSA) is 61.7 Å². The van der Waals surface area contributed by atoms with E-state index in [1.807, 2.05) is 0 Å². The number of hydrogen-bond donors (Lipinski definition) is 0. The highest BCUT2D eigenvalue weighted by Gasteiger charge is 1.94. The summed E-state index contributed by atoms with van der Waals surface area (Å²) in [5, 5.41) is 13.4. The van der Waals surface area contributed by atoms with Gasteiger partial charge in [-0.1, -0.05) is 5.75 Å². The van der Waals surface area contributed by atoms with Crippen LogP contribution in [0.3, 0.4) is 0 Å². The average Bonchev–Trinajstić information content (AvgIpc) is 2.04. The van der Waals surface area contributed by atoms with Crippen LogP contribution in [0.25, 0.3) is 0 Å². The molecule has 58 valence electrons. The summed E-state index contributed by atoms with van der Waals surface area (Å²) in [5.74, 6) is 0.0155. The fraction of sp³-hybridized carbons (Fsp3) is 0.143. The second kappa shape index (κ2) is 3.01. The maximum absolute atomic E-state index is 10.9. The molecule has 0 unspecified atom stereocenters. The van der Waals surface area contributed by atoms with Crippen molar-refractivity contribution < 1.29 is 9.84 Å². The molecule has 4 heteroatoms. The van der Waals surface area contributed by atoms with Crippen molar-refractivity contribution in [1.82, 2.24) is 0 Å². The third kappa shape index (κ3) is 1.46. The predicted octanol–water partition coefficient (Wildman–Crippen LogP) is 1.17. The zero-order valence-electron chi connectivity index (χ0n) is 5.90. The van der Waals surface area contributed by atoms with Crippen molar-refractivity contribution in [1.29, 1.82) is 0 Å². The Labute approximate surface area is 63.4 Å². The van der Waals surface area contributed by atoms with Gasteiger partial charge in [-0.15, -0.1) is 4.91 Å². The Hall–Kier alpha value is -1.58. The first kappa shape index (κ1) is 7.53. The maximum atomic E-state index is 10.9. The van der Waals surface area contributed by atoms with E-state index in [1.54, 1.807) is 0 Å². The minimum absolute atomic E-state index is 0.0919. The van der Waals surface area contributed by atoms with Crippen LogP contribution >= 0.6 is 0 Å². The summed E-state index contributed by atoms with van der Waals surface area (Å²) in [5.41, 5.74) is -0.0919. The number of methoxy groups -OCH3 is 1. The molecular weight excluding hydrogens is 146 g/mol. The largest absolute Gasteiger partial charge is 0.871 e. The first-order chi connectivity index (χ1) is 5.27. The smallest absolute Gasteiger partial charge is 0.118 e. The molecule has 0 spiro atoms. The van der Waals surface area contributed by atoms with Crippen molar-refractivity contribution in [3.05, 3.63) is 23.1 Å². The molecule has 1 aromatic rings. The van der Waals surface area contributed by atoms with E-state index in [-0.39, 0.29) is 5.69 Å². The molecule has 0 fully saturated rings. The van der Waals surface area contributed by atoms with Crippen molar-refractivity contribution in [2.45, 2.75) is 0 Å². The highest BCUT2D eigenvalue weighted by Crippen LogP contribution is 2.27. The molecule has 0 saturated heterocycles. The molecule has 0 bridgehead atoms. The highest BCUT2D eigenvalue weighted by atomic mass is 16.5. The van der Waals surface area contributed by atoms with Gasteiger partial charge in [0.2, 0.25) is 0 Å². The lowest BCUT2D eigenvalue weighted by Crippen LogP contribution is -1.91. The van der Waals surface area contributed by atoms with E-state index in [0.717, 1.165) is 0 Å². The van der Waals surface area contributed by atoms with E-state index < -0.39 is 5.75 Å². The number of nitrogens with zero attached hydrogens (tertiary/aromatic N) is 1. The van der Waals surface area contributed by atoms with Crippen molar-refractivity contribution in [2.24, 2.45) is 5.18 Å². The predicted molar refractivity (Wildman–Crippen MR) is 37.9 cm³/mol. The Kier molecular flexibility index (Phi) is 2.06. The minimum Gasteiger partial charge on any atom is -0.871 e. The Morgan fingerprint density at radius 3 is 2.73 bits per heavy atom. The Morgan fingerprint density at radius 1 is 1.55 bits per heavy atom. The fourth-order valence-electron chi connectivity index (χ4n) is 0.697. The van der Waals surface area contributed by atoms with Gasteiger partial charge < -0.3 is 9.84 Å². The zero-order valence-corrected chi connectivity index (χ0v) is 5.90. The average molecular weight is 152 g/mol. The molecule has 0 aliphatic rings. The number of rotatable bonds is 2. The Morgan fingerprint density at radius 2 is 2.27 bits per heavy atom. The van der Waals surface area contributed by atoms with Crippen LogP contribution in [-0.4, -0.2) is 7.11 Å². The standard InChI is InChI=1S/C7H7NO3/c1-11-5-2-3-6(8-10)7(9)4-5/h2-4,9H,1H3/p-1. The molecule has 0 radical (unpaired) electrons. The van der Waals surface area contributed by atoms with Gasteiger partial charge in [0.1, 0.15) is 5.75 Å². The summed E-state index contributed by atoms with van der Waals surface area (Å²) in [6.45, 7) is 0. The van der Waals surface area contributed by atoms with Gasteiger partial charge in [-0.05, 0) is 23.4 Å². The first-order valence-electron chi connectivity index (χ1n) is 2.96. The van der Waals surface area contributed by atoms with Crippen LogP contribution in [0.1, 0.15) is 0 Å². The van der Waals surface area contributed by atoms with Crippen molar-refractivity contribution >= 4 is 5.69 Å². The molecule has 0 aliphatic carbocycles. The third-order valence-corrected chi connectivity index (χ3v) is 1.27. The summed E-state index contributed by atoms with van der Waals surface area (Å²) < 4.78 is 4.75. The van der Waals surface area contributed by atoms with Gasteiger partial charge >= 0.3 is 0 Å². The lowest BCUT2D eigenvalue weighted by molar-refractivity contribution is -0.267. The van der Waals surface area contributed by atoms with Crippen molar-refractivity contribution in [2.75, 3.05) is 7.11 Å². The summed E-state index contributed by atoms with van der Waals surface area (Å²) in [4.78, 5) is 9.94. The number of hydrogen-bond acceptors (Lipinski definition) is 4. The SMILES string of the molecule is COc1ccc(N=O)c([O-])c1. The van der Waals surface area contributed by atoms with Gasteiger partial charge in [0.05, 0.1) is 12.8 Å². The molecule has 0 atom stereocenters. The summed E-state index contributed by atoms with van der Waals surface area (Å²) >= 11 is 0. The van der Waals surface area contributed by atoms with Gasteiger partial charge in [0, 0.05) is 0 Å². The molecule has 4 nitrogen and oxygen atoms in total. The normalized spacial score (nSPS) is 9.18. The van der Waals surface area contributed by atoms with Crippen LogP contribution in [0.2, 0.25) is 0 Å². The monoisotopic (exact) mass is 152 g/mol. The van der Waals surface area contributed by atoms with E-state index in [4.69, 9.17) is 4.74 Å². The van der Waals surface area contributed by atoms with Crippen molar-refractivity contribution in [3.8, 4) is 11.5 Å². The van der Waals surface area contributed by atoms with Gasteiger partial charge in [0.15, 0.2) is 0 Å². The van der Waals surface area contributed by atoms with Gasteiger partial charge in [-0.25, -0.2) is 0 Å². The van der Waals surface area contributed by atoms with E-state index in [0.29, 0.717) is 5.75 Å². The molecule has 0 heterocycles. The van der Waals surface area contributed by atoms with Crippen LogP contribution in [0.5, 0.6) is 11.5 Å². The highest BCUT2D eigenvalue weighted by molar-refractivity contribution is 5.52. The minimum atomic E-state index is -0.417. The fourth-order valence-corrected chi connectivity index (χ4v) is 0.697. The number of benzene rings is 1. The molecule has 0 aromatic heterocycles. The van der Waals surface area contributed by atoms with Crippen LogP contribution < -0.4 is 9.84 Å². The van der Waals surface area contributed by atoms with Gasteiger partial charge in [0.25, 0.3) is 0 Å². The summed E-state index contributed by atoms with van der Waals surface area (Å²) in [6, 6.07) is 4.06. The molecule has 0 N–H and O–H groups in total. The zero-order chi connectivity index (χ0) is 8.27. The second-order valence-electron chi connectivity index (χ2n) is 1.92. The van der Waals surface area contributed by atoms with Crippen LogP contribution in [0.4, 0.5) is 5.69 Å². The van der Waals surface area contributed by atoms with E-state index in [9.17, 15) is 10.0 Å². The lowest BCUT2D eigenvalue weighted by atomic mass is 10.3.